The topological polar surface area (TPSA) is 105 Å². The van der Waals surface area contributed by atoms with Gasteiger partial charge in [0.25, 0.3) is 0 Å². The molecule has 0 aliphatic rings. The number of allylic oxidation sites excluding steroid dienone is 3. The van der Waals surface area contributed by atoms with Crippen molar-refractivity contribution in [1.29, 1.82) is 0 Å². The first kappa shape index (κ1) is 53.0. The molecule has 0 fully saturated rings. The van der Waals surface area contributed by atoms with Crippen molar-refractivity contribution in [3.8, 4) is 0 Å². The van der Waals surface area contributed by atoms with Crippen molar-refractivity contribution in [1.82, 2.24) is 5.32 Å². The van der Waals surface area contributed by atoms with Crippen LogP contribution >= 0.6 is 7.82 Å². The Morgan fingerprint density at radius 1 is 0.611 bits per heavy atom. The lowest BCUT2D eigenvalue weighted by atomic mass is 10.0. The van der Waals surface area contributed by atoms with Crippen molar-refractivity contribution in [2.75, 3.05) is 40.9 Å². The number of rotatable bonds is 41. The Bertz CT molecular complexity index is 938. The van der Waals surface area contributed by atoms with Crippen LogP contribution in [0.2, 0.25) is 0 Å². The lowest BCUT2D eigenvalue weighted by Crippen LogP contribution is -2.45. The van der Waals surface area contributed by atoms with E-state index >= 15 is 0 Å². The molecule has 0 aliphatic carbocycles. The van der Waals surface area contributed by atoms with E-state index in [-0.39, 0.29) is 19.1 Å². The minimum Gasteiger partial charge on any atom is -0.387 e. The summed E-state index contributed by atoms with van der Waals surface area (Å²) < 4.78 is 23.5. The number of amides is 1. The van der Waals surface area contributed by atoms with Gasteiger partial charge >= 0.3 is 7.82 Å². The SMILES string of the molecule is CCCCCCCCCCCCCCCC/C=C/CC/C=C/C(O)C(COP(=O)(O)OCC[N+](C)(C)C)NC(=O)CCCCCCCCCCCCCC. The molecule has 0 rings (SSSR count). The molecule has 0 aromatic rings. The molecule has 320 valence electrons. The van der Waals surface area contributed by atoms with Crippen molar-refractivity contribution in [3.63, 3.8) is 0 Å². The second-order valence-electron chi connectivity index (χ2n) is 16.8. The molecule has 1 amide bonds. The summed E-state index contributed by atoms with van der Waals surface area (Å²) in [5, 5.41) is 13.8. The Balaban J connectivity index is 4.42. The Kier molecular flexibility index (Phi) is 36.8. The van der Waals surface area contributed by atoms with Crippen LogP contribution in [0.5, 0.6) is 0 Å². The fourth-order valence-corrected chi connectivity index (χ4v) is 7.26. The summed E-state index contributed by atoms with van der Waals surface area (Å²) in [4.78, 5) is 23.1. The number of unbranched alkanes of at least 4 members (excludes halogenated alkanes) is 26. The number of carbonyl (C=O) groups is 1. The van der Waals surface area contributed by atoms with Crippen LogP contribution in [0.3, 0.4) is 0 Å². The zero-order valence-corrected chi connectivity index (χ0v) is 37.1. The predicted octanol–water partition coefficient (Wildman–Crippen LogP) is 12.5. The molecular formula is C45H90N2O6P+. The Morgan fingerprint density at radius 3 is 1.48 bits per heavy atom. The van der Waals surface area contributed by atoms with Gasteiger partial charge in [-0.2, -0.15) is 0 Å². The van der Waals surface area contributed by atoms with E-state index in [9.17, 15) is 19.4 Å². The number of nitrogens with zero attached hydrogens (tertiary/aromatic N) is 1. The first-order valence-electron chi connectivity index (χ1n) is 22.7. The van der Waals surface area contributed by atoms with Crippen LogP contribution in [-0.2, 0) is 18.4 Å². The van der Waals surface area contributed by atoms with Gasteiger partial charge in [-0.1, -0.05) is 192 Å². The van der Waals surface area contributed by atoms with Gasteiger partial charge in [-0.3, -0.25) is 13.8 Å². The molecule has 8 nitrogen and oxygen atoms in total. The van der Waals surface area contributed by atoms with E-state index in [0.29, 0.717) is 17.4 Å². The van der Waals surface area contributed by atoms with E-state index < -0.39 is 20.0 Å². The number of hydrogen-bond donors (Lipinski definition) is 3. The van der Waals surface area contributed by atoms with Crippen LogP contribution < -0.4 is 5.32 Å². The fraction of sp³-hybridized carbons (Fsp3) is 0.889. The highest BCUT2D eigenvalue weighted by atomic mass is 31.2. The number of likely N-dealkylation sites (N-methyl/N-ethyl adjacent to an activating group) is 1. The van der Waals surface area contributed by atoms with Gasteiger partial charge in [0.2, 0.25) is 5.91 Å². The van der Waals surface area contributed by atoms with E-state index in [0.717, 1.165) is 38.5 Å². The third-order valence-electron chi connectivity index (χ3n) is 10.2. The summed E-state index contributed by atoms with van der Waals surface area (Å²) in [7, 11) is 1.56. The molecule has 0 aromatic heterocycles. The van der Waals surface area contributed by atoms with Crippen molar-refractivity contribution >= 4 is 13.7 Å². The highest BCUT2D eigenvalue weighted by Crippen LogP contribution is 2.43. The normalized spacial score (nSPS) is 14.6. The average molecular weight is 786 g/mol. The molecular weight excluding hydrogens is 695 g/mol. The van der Waals surface area contributed by atoms with Crippen LogP contribution in [0.15, 0.2) is 24.3 Å². The molecule has 0 radical (unpaired) electrons. The highest BCUT2D eigenvalue weighted by molar-refractivity contribution is 7.47. The number of carbonyl (C=O) groups excluding carboxylic acids is 1. The molecule has 0 heterocycles. The van der Waals surface area contributed by atoms with Gasteiger partial charge in [0.05, 0.1) is 39.9 Å². The van der Waals surface area contributed by atoms with Gasteiger partial charge in [0.15, 0.2) is 0 Å². The van der Waals surface area contributed by atoms with Gasteiger partial charge in [-0.25, -0.2) is 4.57 Å². The number of phosphoric ester groups is 1. The van der Waals surface area contributed by atoms with Crippen LogP contribution in [0.4, 0.5) is 0 Å². The van der Waals surface area contributed by atoms with Crippen LogP contribution in [0, 0.1) is 0 Å². The summed E-state index contributed by atoms with van der Waals surface area (Å²) in [6.07, 6.45) is 43.9. The van der Waals surface area contributed by atoms with Crippen LogP contribution in [0.25, 0.3) is 0 Å². The van der Waals surface area contributed by atoms with E-state index in [1.807, 2.05) is 27.2 Å². The summed E-state index contributed by atoms with van der Waals surface area (Å²) in [5.74, 6) is -0.187. The van der Waals surface area contributed by atoms with Crippen molar-refractivity contribution < 1.29 is 32.9 Å². The summed E-state index contributed by atoms with van der Waals surface area (Å²) >= 11 is 0. The molecule has 3 N–H and O–H groups in total. The zero-order valence-electron chi connectivity index (χ0n) is 36.2. The second kappa shape index (κ2) is 37.6. The number of aliphatic hydroxyl groups is 1. The van der Waals surface area contributed by atoms with Crippen molar-refractivity contribution in [2.45, 2.75) is 219 Å². The predicted molar refractivity (Wildman–Crippen MR) is 231 cm³/mol. The Morgan fingerprint density at radius 2 is 1.02 bits per heavy atom. The molecule has 9 heteroatoms. The lowest BCUT2D eigenvalue weighted by Gasteiger charge is -2.25. The summed E-state index contributed by atoms with van der Waals surface area (Å²) in [5.41, 5.74) is 0. The largest absolute Gasteiger partial charge is 0.472 e. The standard InChI is InChI=1S/C45H89N2O6P/c1-6-8-10-12-14-16-18-20-21-22-23-24-25-26-27-28-30-32-34-36-38-44(48)43(42-53-54(50,51)52-41-40-47(3,4)5)46-45(49)39-37-35-33-31-29-19-17-15-13-11-9-7-2/h28,30,36,38,43-44,48H,6-27,29,31-35,37,39-42H2,1-5H3,(H-,46,49,50,51)/p+1/b30-28+,38-36+. The van der Waals surface area contributed by atoms with E-state index in [1.165, 1.54) is 148 Å². The van der Waals surface area contributed by atoms with E-state index in [2.05, 4.69) is 31.3 Å². The van der Waals surface area contributed by atoms with Gasteiger partial charge in [0.1, 0.15) is 13.2 Å². The molecule has 3 unspecified atom stereocenters. The third kappa shape index (κ3) is 39.2. The minimum absolute atomic E-state index is 0.0582. The number of phosphoric acid groups is 1. The van der Waals surface area contributed by atoms with Gasteiger partial charge in [-0.05, 0) is 32.1 Å². The summed E-state index contributed by atoms with van der Waals surface area (Å²) in [6, 6.07) is -0.857. The number of nitrogens with one attached hydrogen (secondary N) is 1. The van der Waals surface area contributed by atoms with Gasteiger partial charge in [0, 0.05) is 6.42 Å². The minimum atomic E-state index is -4.34. The molecule has 54 heavy (non-hydrogen) atoms. The number of quaternary nitrogens is 1. The number of hydrogen-bond acceptors (Lipinski definition) is 5. The maximum absolute atomic E-state index is 12.8. The van der Waals surface area contributed by atoms with E-state index in [4.69, 9.17) is 9.05 Å². The molecule has 0 aliphatic heterocycles. The smallest absolute Gasteiger partial charge is 0.387 e. The third-order valence-corrected chi connectivity index (χ3v) is 11.2. The first-order chi connectivity index (χ1) is 26.0. The molecule has 0 aromatic carbocycles. The molecule has 0 saturated carbocycles. The van der Waals surface area contributed by atoms with Crippen LogP contribution in [-0.4, -0.2) is 73.4 Å². The molecule has 0 spiro atoms. The zero-order chi connectivity index (χ0) is 40.0. The van der Waals surface area contributed by atoms with Crippen molar-refractivity contribution in [3.05, 3.63) is 24.3 Å². The Hall–Kier alpha value is -1.02. The van der Waals surface area contributed by atoms with Crippen LogP contribution in [0.1, 0.15) is 206 Å². The second-order valence-corrected chi connectivity index (χ2v) is 18.2. The maximum Gasteiger partial charge on any atom is 0.472 e. The average Bonchev–Trinajstić information content (AvgIpc) is 3.12. The Labute approximate surface area is 334 Å². The number of aliphatic hydroxyl groups excluding tert-OH is 1. The summed E-state index contributed by atoms with van der Waals surface area (Å²) in [6.45, 7) is 4.79. The van der Waals surface area contributed by atoms with Gasteiger partial charge in [-0.15, -0.1) is 0 Å². The fourth-order valence-electron chi connectivity index (χ4n) is 6.53. The highest BCUT2D eigenvalue weighted by Gasteiger charge is 2.27. The lowest BCUT2D eigenvalue weighted by molar-refractivity contribution is -0.870. The monoisotopic (exact) mass is 786 g/mol. The van der Waals surface area contributed by atoms with Gasteiger partial charge < -0.3 is 19.8 Å². The molecule has 0 bridgehead atoms. The molecule has 3 atom stereocenters. The van der Waals surface area contributed by atoms with Crippen molar-refractivity contribution in [2.24, 2.45) is 0 Å². The maximum atomic E-state index is 12.8. The quantitative estimate of drug-likeness (QED) is 0.0247. The van der Waals surface area contributed by atoms with E-state index in [1.54, 1.807) is 6.08 Å². The molecule has 0 saturated heterocycles. The first-order valence-corrected chi connectivity index (χ1v) is 24.2.